The van der Waals surface area contributed by atoms with Gasteiger partial charge in [0.15, 0.2) is 0 Å². The molecule has 32 heavy (non-hydrogen) atoms. The van der Waals surface area contributed by atoms with E-state index in [0.29, 0.717) is 21.8 Å². The van der Waals surface area contributed by atoms with Crippen LogP contribution in [0, 0.1) is 5.82 Å². The number of carbonyl (C=O) groups excluding carboxylic acids is 2. The minimum Gasteiger partial charge on any atom is -0.371 e. The van der Waals surface area contributed by atoms with E-state index in [0.717, 1.165) is 37.2 Å². The van der Waals surface area contributed by atoms with Crippen LogP contribution in [-0.4, -0.2) is 24.9 Å². The molecule has 1 aliphatic rings. The van der Waals surface area contributed by atoms with Gasteiger partial charge in [-0.2, -0.15) is 0 Å². The standard InChI is InChI=1S/C25H23ClFN3O2/c26-19-5-3-4-18(14-19)24(31)29-21-10-11-23(30-12-1-2-13-30)22(15-21)25(32)28-16-17-6-8-20(27)9-7-17/h3-11,14-15H,1-2,12-13,16H2,(H,28,32)(H,29,31). The lowest BCUT2D eigenvalue weighted by atomic mass is 10.1. The molecule has 0 aromatic heterocycles. The summed E-state index contributed by atoms with van der Waals surface area (Å²) in [4.78, 5) is 27.9. The van der Waals surface area contributed by atoms with E-state index in [9.17, 15) is 14.0 Å². The summed E-state index contributed by atoms with van der Waals surface area (Å²) in [5.74, 6) is -0.881. The quantitative estimate of drug-likeness (QED) is 0.537. The first-order chi connectivity index (χ1) is 15.5. The fourth-order valence-electron chi connectivity index (χ4n) is 3.74. The van der Waals surface area contributed by atoms with Crippen molar-refractivity contribution in [3.63, 3.8) is 0 Å². The number of carbonyl (C=O) groups is 2. The Morgan fingerprint density at radius 1 is 0.938 bits per heavy atom. The maximum Gasteiger partial charge on any atom is 0.255 e. The van der Waals surface area contributed by atoms with Crippen LogP contribution >= 0.6 is 11.6 Å². The second-order valence-electron chi connectivity index (χ2n) is 7.70. The Labute approximate surface area is 191 Å². The minimum absolute atomic E-state index is 0.255. The van der Waals surface area contributed by atoms with Gasteiger partial charge in [0.25, 0.3) is 11.8 Å². The van der Waals surface area contributed by atoms with Gasteiger partial charge in [0.1, 0.15) is 5.82 Å². The summed E-state index contributed by atoms with van der Waals surface area (Å²) in [6, 6.07) is 18.0. The normalized spacial score (nSPS) is 13.1. The van der Waals surface area contributed by atoms with E-state index in [1.807, 2.05) is 6.07 Å². The van der Waals surface area contributed by atoms with Gasteiger partial charge in [-0.3, -0.25) is 9.59 Å². The van der Waals surface area contributed by atoms with E-state index < -0.39 is 0 Å². The molecule has 1 saturated heterocycles. The van der Waals surface area contributed by atoms with Crippen LogP contribution in [0.2, 0.25) is 5.02 Å². The van der Waals surface area contributed by atoms with E-state index >= 15 is 0 Å². The zero-order chi connectivity index (χ0) is 22.5. The average Bonchev–Trinajstić information content (AvgIpc) is 3.33. The summed E-state index contributed by atoms with van der Waals surface area (Å²) in [5, 5.41) is 6.22. The number of anilines is 2. The van der Waals surface area contributed by atoms with Gasteiger partial charge < -0.3 is 15.5 Å². The van der Waals surface area contributed by atoms with Gasteiger partial charge in [-0.25, -0.2) is 4.39 Å². The summed E-state index contributed by atoms with van der Waals surface area (Å²) in [5.41, 5.74) is 3.07. The van der Waals surface area contributed by atoms with Gasteiger partial charge in [0.05, 0.1) is 5.56 Å². The lowest BCUT2D eigenvalue weighted by Gasteiger charge is -2.22. The third-order valence-electron chi connectivity index (χ3n) is 5.40. The number of benzene rings is 3. The number of amides is 2. The zero-order valence-corrected chi connectivity index (χ0v) is 18.2. The number of hydrogen-bond donors (Lipinski definition) is 2. The molecule has 164 valence electrons. The highest BCUT2D eigenvalue weighted by molar-refractivity contribution is 6.31. The highest BCUT2D eigenvalue weighted by atomic mass is 35.5. The maximum absolute atomic E-state index is 13.1. The number of rotatable bonds is 6. The number of nitrogens with zero attached hydrogens (tertiary/aromatic N) is 1. The van der Waals surface area contributed by atoms with E-state index in [1.54, 1.807) is 48.5 Å². The summed E-state index contributed by atoms with van der Waals surface area (Å²) in [6.45, 7) is 2.04. The topological polar surface area (TPSA) is 61.4 Å². The van der Waals surface area contributed by atoms with Gasteiger partial charge >= 0.3 is 0 Å². The monoisotopic (exact) mass is 451 g/mol. The summed E-state index contributed by atoms with van der Waals surface area (Å²) in [6.07, 6.45) is 2.15. The molecule has 3 aromatic rings. The second-order valence-corrected chi connectivity index (χ2v) is 8.14. The molecule has 0 bridgehead atoms. The zero-order valence-electron chi connectivity index (χ0n) is 17.4. The van der Waals surface area contributed by atoms with Crippen LogP contribution in [0.3, 0.4) is 0 Å². The molecule has 1 fully saturated rings. The van der Waals surface area contributed by atoms with E-state index in [-0.39, 0.29) is 24.2 Å². The fourth-order valence-corrected chi connectivity index (χ4v) is 3.93. The van der Waals surface area contributed by atoms with Crippen molar-refractivity contribution in [3.05, 3.63) is 94.3 Å². The molecule has 0 radical (unpaired) electrons. The molecule has 2 amide bonds. The van der Waals surface area contributed by atoms with Gasteiger partial charge in [0.2, 0.25) is 0 Å². The van der Waals surface area contributed by atoms with Crippen molar-refractivity contribution >= 4 is 34.8 Å². The molecule has 3 aromatic carbocycles. The lowest BCUT2D eigenvalue weighted by molar-refractivity contribution is 0.0950. The summed E-state index contributed by atoms with van der Waals surface area (Å²) >= 11 is 5.99. The van der Waals surface area contributed by atoms with Crippen LogP contribution in [-0.2, 0) is 6.54 Å². The Morgan fingerprint density at radius 3 is 2.41 bits per heavy atom. The lowest BCUT2D eigenvalue weighted by Crippen LogP contribution is -2.27. The Balaban J connectivity index is 1.55. The molecule has 4 rings (SSSR count). The fraction of sp³-hybridized carbons (Fsp3) is 0.200. The Bertz CT molecular complexity index is 1130. The summed E-state index contributed by atoms with van der Waals surface area (Å²) < 4.78 is 13.1. The van der Waals surface area contributed by atoms with Crippen molar-refractivity contribution in [1.29, 1.82) is 0 Å². The van der Waals surface area contributed by atoms with Gasteiger partial charge in [-0.05, 0) is 66.9 Å². The van der Waals surface area contributed by atoms with Crippen molar-refractivity contribution in [1.82, 2.24) is 5.32 Å². The minimum atomic E-state index is -0.320. The predicted octanol–water partition coefficient (Wildman–Crippen LogP) is 5.26. The van der Waals surface area contributed by atoms with Crippen LogP contribution in [0.25, 0.3) is 0 Å². The Kier molecular flexibility index (Phi) is 6.71. The third-order valence-corrected chi connectivity index (χ3v) is 5.63. The largest absolute Gasteiger partial charge is 0.371 e. The third kappa shape index (κ3) is 5.26. The Morgan fingerprint density at radius 2 is 1.69 bits per heavy atom. The first-order valence-corrected chi connectivity index (χ1v) is 10.9. The number of hydrogen-bond acceptors (Lipinski definition) is 3. The van der Waals surface area contributed by atoms with Crippen LogP contribution in [0.1, 0.15) is 39.1 Å². The van der Waals surface area contributed by atoms with E-state index in [4.69, 9.17) is 11.6 Å². The van der Waals surface area contributed by atoms with E-state index in [2.05, 4.69) is 15.5 Å². The van der Waals surface area contributed by atoms with Crippen LogP contribution in [0.5, 0.6) is 0 Å². The highest BCUT2D eigenvalue weighted by Crippen LogP contribution is 2.28. The van der Waals surface area contributed by atoms with Crippen molar-refractivity contribution in [2.45, 2.75) is 19.4 Å². The van der Waals surface area contributed by atoms with Crippen LogP contribution in [0.15, 0.2) is 66.7 Å². The summed E-state index contributed by atoms with van der Waals surface area (Å²) in [7, 11) is 0. The van der Waals surface area contributed by atoms with Gasteiger partial charge in [-0.15, -0.1) is 0 Å². The molecule has 0 unspecified atom stereocenters. The number of halogens is 2. The Hall–Kier alpha value is -3.38. The van der Waals surface area contributed by atoms with E-state index in [1.165, 1.54) is 12.1 Å². The maximum atomic E-state index is 13.1. The molecule has 0 atom stereocenters. The SMILES string of the molecule is O=C(Nc1ccc(N2CCCC2)c(C(=O)NCc2ccc(F)cc2)c1)c1cccc(Cl)c1. The predicted molar refractivity (Wildman–Crippen MR) is 125 cm³/mol. The van der Waals surface area contributed by atoms with Crippen molar-refractivity contribution in [2.24, 2.45) is 0 Å². The van der Waals surface area contributed by atoms with Gasteiger partial charge in [-0.1, -0.05) is 29.8 Å². The van der Waals surface area contributed by atoms with Crippen LogP contribution < -0.4 is 15.5 Å². The van der Waals surface area contributed by atoms with Gasteiger partial charge in [0, 0.05) is 41.6 Å². The molecule has 5 nitrogen and oxygen atoms in total. The molecule has 2 N–H and O–H groups in total. The molecular weight excluding hydrogens is 429 g/mol. The first kappa shape index (κ1) is 21.8. The molecule has 7 heteroatoms. The second kappa shape index (κ2) is 9.83. The highest BCUT2D eigenvalue weighted by Gasteiger charge is 2.20. The number of nitrogens with one attached hydrogen (secondary N) is 2. The smallest absolute Gasteiger partial charge is 0.255 e. The van der Waals surface area contributed by atoms with Crippen molar-refractivity contribution in [2.75, 3.05) is 23.3 Å². The molecule has 0 saturated carbocycles. The molecular formula is C25H23ClFN3O2. The molecule has 0 aliphatic carbocycles. The van der Waals surface area contributed by atoms with Crippen molar-refractivity contribution in [3.8, 4) is 0 Å². The molecule has 1 heterocycles. The van der Waals surface area contributed by atoms with Crippen molar-refractivity contribution < 1.29 is 14.0 Å². The first-order valence-electron chi connectivity index (χ1n) is 10.5. The molecule has 0 spiro atoms. The van der Waals surface area contributed by atoms with Crippen LogP contribution in [0.4, 0.5) is 15.8 Å². The molecule has 1 aliphatic heterocycles. The average molecular weight is 452 g/mol.